The minimum Gasteiger partial charge on any atom is -0.311 e. The highest BCUT2D eigenvalue weighted by Gasteiger charge is 2.21. The normalized spacial score (nSPS) is 11.4. The molecule has 0 spiro atoms. The predicted octanol–water partition coefficient (Wildman–Crippen LogP) is 18.9. The van der Waals surface area contributed by atoms with Gasteiger partial charge in [-0.15, -0.1) is 0 Å². The van der Waals surface area contributed by atoms with Crippen LogP contribution in [0.15, 0.2) is 279 Å². The van der Waals surface area contributed by atoms with Crippen molar-refractivity contribution in [1.29, 1.82) is 0 Å². The van der Waals surface area contributed by atoms with Gasteiger partial charge >= 0.3 is 0 Å². The van der Waals surface area contributed by atoms with Crippen LogP contribution in [0.4, 0.5) is 17.1 Å². The molecule has 0 amide bonds. The Morgan fingerprint density at radius 1 is 0.229 bits per heavy atom. The highest BCUT2D eigenvalue weighted by molar-refractivity contribution is 6.22. The fourth-order valence-electron chi connectivity index (χ4n) is 10.8. The van der Waals surface area contributed by atoms with Crippen molar-refractivity contribution in [3.8, 4) is 61.3 Å². The van der Waals surface area contributed by atoms with E-state index in [4.69, 9.17) is 0 Å². The highest BCUT2D eigenvalue weighted by atomic mass is 15.1. The van der Waals surface area contributed by atoms with Crippen LogP contribution in [-0.4, -0.2) is 4.57 Å². The van der Waals surface area contributed by atoms with Gasteiger partial charge < -0.3 is 9.47 Å². The Labute approximate surface area is 408 Å². The van der Waals surface area contributed by atoms with Crippen molar-refractivity contribution in [2.45, 2.75) is 0 Å². The first-order valence-corrected chi connectivity index (χ1v) is 24.1. The van der Waals surface area contributed by atoms with Gasteiger partial charge in [0.25, 0.3) is 0 Å². The zero-order valence-electron chi connectivity index (χ0n) is 38.5. The lowest BCUT2D eigenvalue weighted by molar-refractivity contribution is 1.17. The van der Waals surface area contributed by atoms with Crippen molar-refractivity contribution in [2.24, 2.45) is 0 Å². The first kappa shape index (κ1) is 41.0. The summed E-state index contributed by atoms with van der Waals surface area (Å²) in [7, 11) is 0. The SMILES string of the molecule is c1ccc(-c2ccc3c(c2)c2cc(-c4ccccc4)ccc2n3-c2ccc(N(c3ccccc3)c3ccc(-c4c5ccccc5c(-c5ccccc5-c5ccccc5)c5ccccc45)cc3)cc2)cc1. The Balaban J connectivity index is 0.914. The van der Waals surface area contributed by atoms with E-state index in [0.717, 1.165) is 22.7 Å². The van der Waals surface area contributed by atoms with Crippen molar-refractivity contribution in [3.63, 3.8) is 0 Å². The molecule has 328 valence electrons. The van der Waals surface area contributed by atoms with E-state index in [9.17, 15) is 0 Å². The molecule has 1 aromatic heterocycles. The maximum atomic E-state index is 2.42. The summed E-state index contributed by atoms with van der Waals surface area (Å²) in [5, 5.41) is 7.42. The second-order valence-corrected chi connectivity index (χ2v) is 18.0. The Morgan fingerprint density at radius 2 is 0.600 bits per heavy atom. The number of para-hydroxylation sites is 1. The molecule has 12 aromatic carbocycles. The van der Waals surface area contributed by atoms with Gasteiger partial charge in [-0.1, -0.05) is 206 Å². The second kappa shape index (κ2) is 17.4. The van der Waals surface area contributed by atoms with E-state index < -0.39 is 0 Å². The van der Waals surface area contributed by atoms with Crippen LogP contribution in [0.2, 0.25) is 0 Å². The van der Waals surface area contributed by atoms with Gasteiger partial charge in [-0.3, -0.25) is 0 Å². The number of nitrogens with zero attached hydrogens (tertiary/aromatic N) is 2. The summed E-state index contributed by atoms with van der Waals surface area (Å²) >= 11 is 0. The van der Waals surface area contributed by atoms with Gasteiger partial charge in [-0.2, -0.15) is 0 Å². The third-order valence-corrected chi connectivity index (χ3v) is 14.0. The van der Waals surface area contributed by atoms with Crippen molar-refractivity contribution in [3.05, 3.63) is 279 Å². The Kier molecular flexibility index (Phi) is 10.2. The molecule has 0 aliphatic heterocycles. The molecule has 0 atom stereocenters. The standard InChI is InChI=1S/C68H46N2/c1-5-19-47(20-6-1)51-35-43-65-63(45-51)64-46-52(48-21-7-2-8-22-48)36-44-66(64)70(65)56-41-39-55(40-42-56)69(53-25-11-4-12-26-53)54-37-33-50(34-38-54)67-59-29-15-17-31-61(59)68(62-32-18-16-30-60(62)67)58-28-14-13-27-57(58)49-23-9-3-10-24-49/h1-46H. The number of rotatable bonds is 9. The van der Waals surface area contributed by atoms with Gasteiger partial charge in [0.1, 0.15) is 0 Å². The fourth-order valence-corrected chi connectivity index (χ4v) is 10.8. The molecule has 2 nitrogen and oxygen atoms in total. The quantitative estimate of drug-likeness (QED) is 0.131. The van der Waals surface area contributed by atoms with Gasteiger partial charge in [-0.25, -0.2) is 0 Å². The Bertz CT molecular complexity index is 3850. The van der Waals surface area contributed by atoms with E-state index in [1.165, 1.54) is 99.0 Å². The lowest BCUT2D eigenvalue weighted by atomic mass is 9.84. The van der Waals surface area contributed by atoms with E-state index in [1.54, 1.807) is 0 Å². The summed E-state index contributed by atoms with van der Waals surface area (Å²) < 4.78 is 2.42. The van der Waals surface area contributed by atoms with E-state index in [2.05, 4.69) is 289 Å². The molecule has 2 heteroatoms. The zero-order valence-corrected chi connectivity index (χ0v) is 38.5. The first-order valence-electron chi connectivity index (χ1n) is 24.1. The smallest absolute Gasteiger partial charge is 0.0541 e. The molecule has 13 rings (SSSR count). The van der Waals surface area contributed by atoms with Gasteiger partial charge in [0.2, 0.25) is 0 Å². The third kappa shape index (κ3) is 7.13. The predicted molar refractivity (Wildman–Crippen MR) is 298 cm³/mol. The molecule has 0 saturated heterocycles. The van der Waals surface area contributed by atoms with Crippen LogP contribution in [0, 0.1) is 0 Å². The molecule has 13 aromatic rings. The number of benzene rings is 12. The largest absolute Gasteiger partial charge is 0.311 e. The molecule has 1 heterocycles. The molecule has 0 aliphatic rings. The second-order valence-electron chi connectivity index (χ2n) is 18.0. The average Bonchev–Trinajstić information content (AvgIpc) is 3.77. The number of hydrogen-bond acceptors (Lipinski definition) is 1. The molecule has 0 fully saturated rings. The zero-order chi connectivity index (χ0) is 46.4. The summed E-state index contributed by atoms with van der Waals surface area (Å²) in [5.41, 5.74) is 18.9. The molecule has 0 N–H and O–H groups in total. The Hall–Kier alpha value is -9.24. The third-order valence-electron chi connectivity index (χ3n) is 14.0. The topological polar surface area (TPSA) is 8.17 Å². The summed E-state index contributed by atoms with van der Waals surface area (Å²) in [5.74, 6) is 0. The first-order chi connectivity index (χ1) is 34.7. The van der Waals surface area contributed by atoms with E-state index in [0.29, 0.717) is 0 Å². The minimum atomic E-state index is 1.08. The molecular formula is C68H46N2. The average molecular weight is 891 g/mol. The van der Waals surface area contributed by atoms with Crippen molar-refractivity contribution in [2.75, 3.05) is 4.90 Å². The molecule has 0 saturated carbocycles. The summed E-state index contributed by atoms with van der Waals surface area (Å²) in [6.45, 7) is 0. The van der Waals surface area contributed by atoms with Gasteiger partial charge in [-0.05, 0) is 150 Å². The van der Waals surface area contributed by atoms with Crippen LogP contribution in [0.5, 0.6) is 0 Å². The molecule has 0 aliphatic carbocycles. The van der Waals surface area contributed by atoms with Crippen LogP contribution >= 0.6 is 0 Å². The van der Waals surface area contributed by atoms with Crippen LogP contribution in [0.25, 0.3) is 105 Å². The maximum absolute atomic E-state index is 2.42. The number of aromatic nitrogens is 1. The number of fused-ring (bicyclic) bond motifs is 5. The van der Waals surface area contributed by atoms with E-state index in [1.807, 2.05) is 0 Å². The number of anilines is 3. The van der Waals surface area contributed by atoms with Gasteiger partial charge in [0, 0.05) is 33.5 Å². The van der Waals surface area contributed by atoms with Crippen molar-refractivity contribution in [1.82, 2.24) is 4.57 Å². The van der Waals surface area contributed by atoms with Crippen LogP contribution in [0.3, 0.4) is 0 Å². The molecule has 0 unspecified atom stereocenters. The lowest BCUT2D eigenvalue weighted by Crippen LogP contribution is -2.10. The fraction of sp³-hybridized carbons (Fsp3) is 0. The molecule has 0 radical (unpaired) electrons. The van der Waals surface area contributed by atoms with Crippen LogP contribution in [-0.2, 0) is 0 Å². The Morgan fingerprint density at radius 3 is 1.10 bits per heavy atom. The molecular weight excluding hydrogens is 845 g/mol. The molecule has 0 bridgehead atoms. The van der Waals surface area contributed by atoms with Gasteiger partial charge in [0.15, 0.2) is 0 Å². The van der Waals surface area contributed by atoms with Gasteiger partial charge in [0.05, 0.1) is 11.0 Å². The lowest BCUT2D eigenvalue weighted by Gasteiger charge is -2.26. The van der Waals surface area contributed by atoms with Crippen LogP contribution < -0.4 is 4.90 Å². The van der Waals surface area contributed by atoms with Crippen molar-refractivity contribution >= 4 is 60.4 Å². The summed E-state index contributed by atoms with van der Waals surface area (Å²) in [6, 6.07) is 102. The van der Waals surface area contributed by atoms with E-state index >= 15 is 0 Å². The van der Waals surface area contributed by atoms with E-state index in [-0.39, 0.29) is 0 Å². The maximum Gasteiger partial charge on any atom is 0.0541 e. The van der Waals surface area contributed by atoms with Crippen molar-refractivity contribution < 1.29 is 0 Å². The minimum absolute atomic E-state index is 1.08. The summed E-state index contributed by atoms with van der Waals surface area (Å²) in [6.07, 6.45) is 0. The number of hydrogen-bond donors (Lipinski definition) is 0. The summed E-state index contributed by atoms with van der Waals surface area (Å²) in [4.78, 5) is 2.36. The van der Waals surface area contributed by atoms with Crippen LogP contribution in [0.1, 0.15) is 0 Å². The monoisotopic (exact) mass is 890 g/mol. The highest BCUT2D eigenvalue weighted by Crippen LogP contribution is 2.47. The molecule has 70 heavy (non-hydrogen) atoms.